The minimum atomic E-state index is -0.726. The Morgan fingerprint density at radius 2 is 0.980 bits per heavy atom. The first kappa shape index (κ1) is 35.0. The fourth-order valence-corrected chi connectivity index (χ4v) is 11.3. The molecule has 0 aliphatic rings. The molecule has 0 saturated heterocycles. The molecule has 1 unspecified atom stereocenters. The van der Waals surface area contributed by atoms with Crippen molar-refractivity contribution in [1.82, 2.24) is 0 Å². The highest BCUT2D eigenvalue weighted by atomic mass is 31.1. The van der Waals surface area contributed by atoms with Gasteiger partial charge in [-0.3, -0.25) is 0 Å². The van der Waals surface area contributed by atoms with Gasteiger partial charge in [0.15, 0.2) is 0 Å². The van der Waals surface area contributed by atoms with E-state index in [0.29, 0.717) is 6.61 Å². The normalized spacial score (nSPS) is 12.0. The summed E-state index contributed by atoms with van der Waals surface area (Å²) in [6.07, 6.45) is 5.40. The van der Waals surface area contributed by atoms with Crippen molar-refractivity contribution < 1.29 is 4.74 Å². The monoisotopic (exact) mass is 678 g/mol. The molecular weight excluding hydrogens is 630 g/mol. The van der Waals surface area contributed by atoms with Crippen molar-refractivity contribution in [3.63, 3.8) is 0 Å². The Morgan fingerprint density at radius 3 is 1.49 bits per heavy atom. The molecule has 0 aliphatic carbocycles. The van der Waals surface area contributed by atoms with Crippen LogP contribution in [0.5, 0.6) is 0 Å². The van der Waals surface area contributed by atoms with E-state index in [2.05, 4.69) is 178 Å². The van der Waals surface area contributed by atoms with Crippen molar-refractivity contribution in [2.24, 2.45) is 0 Å². The van der Waals surface area contributed by atoms with E-state index in [4.69, 9.17) is 4.74 Å². The molecule has 0 N–H and O–H groups in total. The van der Waals surface area contributed by atoms with Gasteiger partial charge in [-0.2, -0.15) is 0 Å². The fraction of sp³-hybridized carbons (Fsp3) is 0.217. The van der Waals surface area contributed by atoms with Crippen LogP contribution in [0.1, 0.15) is 55.9 Å². The van der Waals surface area contributed by atoms with Gasteiger partial charge in [0, 0.05) is 0 Å². The molecule has 0 bridgehead atoms. The second kappa shape index (κ2) is 17.7. The second-order valence-electron chi connectivity index (χ2n) is 12.7. The molecule has 49 heavy (non-hydrogen) atoms. The van der Waals surface area contributed by atoms with E-state index in [1.54, 1.807) is 0 Å². The van der Waals surface area contributed by atoms with Gasteiger partial charge in [0.25, 0.3) is 0 Å². The van der Waals surface area contributed by atoms with Gasteiger partial charge in [-0.25, -0.2) is 0 Å². The summed E-state index contributed by atoms with van der Waals surface area (Å²) >= 11 is 0. The molecule has 1 nitrogen and oxygen atoms in total. The SMILES string of the molecule is CCCc1cc(P(c2ccccc2)c2ccccc2)c(CCc2cccc(P(c3ccccc3)c3ccccc3)c2)cc1COC(C)CC. The zero-order chi connectivity index (χ0) is 33.8. The first-order chi connectivity index (χ1) is 24.1. The molecule has 1 atom stereocenters. The zero-order valence-corrected chi connectivity index (χ0v) is 30.9. The Balaban J connectivity index is 1.41. The van der Waals surface area contributed by atoms with Crippen LogP contribution in [0.25, 0.3) is 0 Å². The van der Waals surface area contributed by atoms with Crippen LogP contribution in [-0.4, -0.2) is 6.10 Å². The number of hydrogen-bond donors (Lipinski definition) is 0. The average Bonchev–Trinajstić information content (AvgIpc) is 3.16. The standard InChI is InChI=1S/C46H48OP2/c1-4-19-38-34-46(49(43-25-14-8-15-26-43)44-27-16-9-17-28-44)39(33-40(38)35-47-36(3)5-2)31-30-37-20-18-29-45(32-37)48(41-21-10-6-11-22-41)42-23-12-7-13-24-42/h6-18,20-29,32-34,36H,4-5,19,30-31,35H2,1-3H3. The molecule has 0 fully saturated rings. The zero-order valence-electron chi connectivity index (χ0n) is 29.1. The molecule has 0 spiro atoms. The Bertz CT molecular complexity index is 1790. The smallest absolute Gasteiger partial charge is 0.0723 e. The van der Waals surface area contributed by atoms with Crippen LogP contribution >= 0.6 is 15.8 Å². The molecule has 6 aromatic carbocycles. The molecule has 0 radical (unpaired) electrons. The number of benzene rings is 6. The molecule has 6 rings (SSSR count). The average molecular weight is 679 g/mol. The van der Waals surface area contributed by atoms with Crippen molar-refractivity contribution in [3.8, 4) is 0 Å². The van der Waals surface area contributed by atoms with Gasteiger partial charge in [0.1, 0.15) is 0 Å². The molecular formula is C46H48OP2. The van der Waals surface area contributed by atoms with Crippen LogP contribution in [-0.2, 0) is 30.6 Å². The van der Waals surface area contributed by atoms with Gasteiger partial charge in [0.05, 0.1) is 12.7 Å². The van der Waals surface area contributed by atoms with Crippen molar-refractivity contribution in [3.05, 3.63) is 180 Å². The van der Waals surface area contributed by atoms with E-state index in [-0.39, 0.29) is 6.10 Å². The van der Waals surface area contributed by atoms with E-state index in [0.717, 1.165) is 32.1 Å². The van der Waals surface area contributed by atoms with E-state index < -0.39 is 15.8 Å². The predicted octanol–water partition coefficient (Wildman–Crippen LogP) is 9.26. The van der Waals surface area contributed by atoms with Crippen LogP contribution in [0.4, 0.5) is 0 Å². The van der Waals surface area contributed by atoms with Crippen LogP contribution in [0.15, 0.2) is 158 Å². The summed E-state index contributed by atoms with van der Waals surface area (Å²) in [5.74, 6) is 0. The van der Waals surface area contributed by atoms with E-state index in [1.165, 1.54) is 54.1 Å². The largest absolute Gasteiger partial charge is 0.374 e. The summed E-state index contributed by atoms with van der Waals surface area (Å²) in [6, 6.07) is 58.8. The fourth-order valence-electron chi connectivity index (χ4n) is 6.43. The maximum absolute atomic E-state index is 6.39. The summed E-state index contributed by atoms with van der Waals surface area (Å²) in [7, 11) is -1.37. The predicted molar refractivity (Wildman–Crippen MR) is 216 cm³/mol. The maximum atomic E-state index is 6.39. The molecule has 0 saturated carbocycles. The van der Waals surface area contributed by atoms with Gasteiger partial charge in [-0.05, 0) is 103 Å². The molecule has 248 valence electrons. The quantitative estimate of drug-likeness (QED) is 0.0985. The first-order valence-electron chi connectivity index (χ1n) is 17.8. The highest BCUT2D eigenvalue weighted by Gasteiger charge is 2.22. The maximum Gasteiger partial charge on any atom is 0.0723 e. The Labute approximate surface area is 296 Å². The van der Waals surface area contributed by atoms with Gasteiger partial charge < -0.3 is 4.74 Å². The van der Waals surface area contributed by atoms with Gasteiger partial charge in [-0.15, -0.1) is 0 Å². The lowest BCUT2D eigenvalue weighted by molar-refractivity contribution is 0.0504. The lowest BCUT2D eigenvalue weighted by Crippen LogP contribution is -2.25. The van der Waals surface area contributed by atoms with Gasteiger partial charge >= 0.3 is 0 Å². The summed E-state index contributed by atoms with van der Waals surface area (Å²) in [4.78, 5) is 0. The van der Waals surface area contributed by atoms with E-state index >= 15 is 0 Å². The summed E-state index contributed by atoms with van der Waals surface area (Å²) < 4.78 is 6.39. The van der Waals surface area contributed by atoms with Crippen LogP contribution in [0.3, 0.4) is 0 Å². The number of aryl methyl sites for hydroxylation is 3. The lowest BCUT2D eigenvalue weighted by Gasteiger charge is -2.25. The summed E-state index contributed by atoms with van der Waals surface area (Å²) in [5, 5.41) is 8.45. The molecule has 3 heteroatoms. The third-order valence-electron chi connectivity index (χ3n) is 9.17. The molecule has 0 amide bonds. The molecule has 0 heterocycles. The van der Waals surface area contributed by atoms with Crippen molar-refractivity contribution in [1.29, 1.82) is 0 Å². The van der Waals surface area contributed by atoms with Gasteiger partial charge in [-0.1, -0.05) is 178 Å². The minimum absolute atomic E-state index is 0.246. The second-order valence-corrected chi connectivity index (χ2v) is 17.1. The first-order valence-corrected chi connectivity index (χ1v) is 20.5. The lowest BCUT2D eigenvalue weighted by atomic mass is 9.97. The highest BCUT2D eigenvalue weighted by molar-refractivity contribution is 7.80. The Hall–Kier alpha value is -3.86. The molecule has 6 aromatic rings. The van der Waals surface area contributed by atoms with Crippen LogP contribution < -0.4 is 31.8 Å². The van der Waals surface area contributed by atoms with Crippen molar-refractivity contribution >= 4 is 47.7 Å². The highest BCUT2D eigenvalue weighted by Crippen LogP contribution is 2.37. The minimum Gasteiger partial charge on any atom is -0.374 e. The van der Waals surface area contributed by atoms with Gasteiger partial charge in [0.2, 0.25) is 0 Å². The van der Waals surface area contributed by atoms with Crippen LogP contribution in [0.2, 0.25) is 0 Å². The Kier molecular flexibility index (Phi) is 12.6. The van der Waals surface area contributed by atoms with E-state index in [9.17, 15) is 0 Å². The van der Waals surface area contributed by atoms with Crippen LogP contribution in [0, 0.1) is 0 Å². The number of rotatable bonds is 15. The molecule has 0 aliphatic heterocycles. The number of hydrogen-bond acceptors (Lipinski definition) is 1. The number of ether oxygens (including phenoxy) is 1. The summed E-state index contributed by atoms with van der Waals surface area (Å²) in [5.41, 5.74) is 5.62. The third kappa shape index (κ3) is 9.04. The van der Waals surface area contributed by atoms with Crippen molar-refractivity contribution in [2.75, 3.05) is 0 Å². The summed E-state index contributed by atoms with van der Waals surface area (Å²) in [6.45, 7) is 7.34. The molecule has 0 aromatic heterocycles. The van der Waals surface area contributed by atoms with Crippen molar-refractivity contribution in [2.45, 2.75) is 65.6 Å². The van der Waals surface area contributed by atoms with E-state index in [1.807, 2.05) is 0 Å². The Morgan fingerprint density at radius 1 is 0.469 bits per heavy atom. The topological polar surface area (TPSA) is 9.23 Å². The third-order valence-corrected chi connectivity index (χ3v) is 14.1.